The van der Waals surface area contributed by atoms with E-state index in [1.54, 1.807) is 11.8 Å². The Morgan fingerprint density at radius 3 is 2.36 bits per heavy atom. The van der Waals surface area contributed by atoms with E-state index < -0.39 is 0 Å². The van der Waals surface area contributed by atoms with Crippen molar-refractivity contribution in [2.24, 2.45) is 0 Å². The van der Waals surface area contributed by atoms with Crippen molar-refractivity contribution in [3.05, 3.63) is 66.5 Å². The smallest absolute Gasteiger partial charge is 0.195 e. The van der Waals surface area contributed by atoms with Crippen LogP contribution in [0.4, 0.5) is 0 Å². The molecule has 3 aromatic rings. The maximum Gasteiger partial charge on any atom is 0.195 e. The van der Waals surface area contributed by atoms with Crippen LogP contribution in [-0.4, -0.2) is 45.1 Å². The molecule has 0 atom stereocenters. The van der Waals surface area contributed by atoms with Crippen molar-refractivity contribution in [2.75, 3.05) is 25.4 Å². The molecule has 1 aliphatic rings. The number of benzene rings is 2. The van der Waals surface area contributed by atoms with E-state index >= 15 is 0 Å². The van der Waals surface area contributed by atoms with Crippen molar-refractivity contribution in [1.29, 1.82) is 0 Å². The Kier molecular flexibility index (Phi) is 6.63. The maximum atomic E-state index is 5.79. The molecule has 0 radical (unpaired) electrons. The van der Waals surface area contributed by atoms with Gasteiger partial charge in [0.15, 0.2) is 11.0 Å². The Balaban J connectivity index is 1.39. The molecule has 0 N–H and O–H groups in total. The summed E-state index contributed by atoms with van der Waals surface area (Å²) in [5, 5.41) is 9.98. The van der Waals surface area contributed by atoms with Crippen LogP contribution in [0.25, 0.3) is 5.69 Å². The number of thioether (sulfide) groups is 1. The monoisotopic (exact) mass is 394 g/mol. The highest BCUT2D eigenvalue weighted by atomic mass is 32.2. The summed E-state index contributed by atoms with van der Waals surface area (Å²) in [6.45, 7) is 3.87. The number of likely N-dealkylation sites (tertiary alicyclic amines) is 1. The normalized spacial score (nSPS) is 14.4. The Labute approximate surface area is 170 Å². The first-order chi connectivity index (χ1) is 13.9. The summed E-state index contributed by atoms with van der Waals surface area (Å²) in [6, 6.07) is 20.4. The molecule has 0 amide bonds. The Hall–Kier alpha value is -2.31. The molecule has 1 saturated heterocycles. The fourth-order valence-electron chi connectivity index (χ4n) is 3.40. The van der Waals surface area contributed by atoms with Gasteiger partial charge in [-0.05, 0) is 56.6 Å². The van der Waals surface area contributed by atoms with E-state index in [4.69, 9.17) is 4.74 Å². The van der Waals surface area contributed by atoms with Crippen LogP contribution >= 0.6 is 11.8 Å². The van der Waals surface area contributed by atoms with E-state index in [1.165, 1.54) is 12.8 Å². The summed E-state index contributed by atoms with van der Waals surface area (Å²) in [4.78, 5) is 2.46. The van der Waals surface area contributed by atoms with Crippen LogP contribution in [0.15, 0.2) is 65.8 Å². The molecule has 0 saturated carbocycles. The number of ether oxygens (including phenoxy) is 1. The van der Waals surface area contributed by atoms with Gasteiger partial charge in [0.05, 0.1) is 13.2 Å². The van der Waals surface area contributed by atoms with Crippen molar-refractivity contribution in [3.63, 3.8) is 0 Å². The third kappa shape index (κ3) is 4.94. The van der Waals surface area contributed by atoms with E-state index in [-0.39, 0.29) is 0 Å². The molecule has 1 aromatic heterocycles. The SMILES string of the molecule is c1ccc(OCCCSc2nnc(CN3CCCC3)n2-c2ccccc2)cc1. The number of aromatic nitrogens is 3. The first-order valence-electron chi connectivity index (χ1n) is 9.93. The van der Waals surface area contributed by atoms with Crippen molar-refractivity contribution in [1.82, 2.24) is 19.7 Å². The van der Waals surface area contributed by atoms with Gasteiger partial charge in [0.2, 0.25) is 0 Å². The molecule has 0 spiro atoms. The molecule has 6 heteroatoms. The minimum Gasteiger partial charge on any atom is -0.494 e. The van der Waals surface area contributed by atoms with E-state index in [9.17, 15) is 0 Å². The van der Waals surface area contributed by atoms with Crippen molar-refractivity contribution in [3.8, 4) is 11.4 Å². The molecular weight excluding hydrogens is 368 g/mol. The van der Waals surface area contributed by atoms with Crippen LogP contribution < -0.4 is 4.74 Å². The Bertz CT molecular complexity index is 847. The average molecular weight is 395 g/mol. The Morgan fingerprint density at radius 2 is 1.61 bits per heavy atom. The molecule has 0 unspecified atom stereocenters. The highest BCUT2D eigenvalue weighted by Gasteiger charge is 2.19. The highest BCUT2D eigenvalue weighted by Crippen LogP contribution is 2.24. The molecule has 0 aliphatic carbocycles. The predicted octanol–water partition coefficient (Wildman–Crippen LogP) is 4.42. The van der Waals surface area contributed by atoms with Crippen LogP contribution in [0.2, 0.25) is 0 Å². The Morgan fingerprint density at radius 1 is 0.893 bits per heavy atom. The summed E-state index contributed by atoms with van der Waals surface area (Å²) in [7, 11) is 0. The van der Waals surface area contributed by atoms with Gasteiger partial charge < -0.3 is 4.74 Å². The third-order valence-electron chi connectivity index (χ3n) is 4.81. The van der Waals surface area contributed by atoms with Gasteiger partial charge in [-0.15, -0.1) is 10.2 Å². The zero-order valence-electron chi connectivity index (χ0n) is 16.0. The fraction of sp³-hybridized carbons (Fsp3) is 0.364. The van der Waals surface area contributed by atoms with Crippen LogP contribution in [-0.2, 0) is 6.54 Å². The van der Waals surface area contributed by atoms with Crippen LogP contribution in [0.1, 0.15) is 25.1 Å². The van der Waals surface area contributed by atoms with Gasteiger partial charge in [0.1, 0.15) is 5.75 Å². The minimum atomic E-state index is 0.705. The molecule has 5 nitrogen and oxygen atoms in total. The van der Waals surface area contributed by atoms with E-state index in [0.717, 1.165) is 54.2 Å². The van der Waals surface area contributed by atoms with Gasteiger partial charge in [-0.1, -0.05) is 48.2 Å². The molecule has 2 heterocycles. The molecule has 2 aromatic carbocycles. The number of nitrogens with zero attached hydrogens (tertiary/aromatic N) is 4. The first kappa shape index (κ1) is 19.0. The van der Waals surface area contributed by atoms with Gasteiger partial charge in [0, 0.05) is 11.4 Å². The van der Waals surface area contributed by atoms with Crippen LogP contribution in [0.3, 0.4) is 0 Å². The van der Waals surface area contributed by atoms with E-state index in [0.29, 0.717) is 6.61 Å². The second kappa shape index (κ2) is 9.75. The topological polar surface area (TPSA) is 43.2 Å². The fourth-order valence-corrected chi connectivity index (χ4v) is 4.29. The van der Waals surface area contributed by atoms with E-state index in [1.807, 2.05) is 36.4 Å². The quantitative estimate of drug-likeness (QED) is 0.397. The van der Waals surface area contributed by atoms with Crippen LogP contribution in [0.5, 0.6) is 5.75 Å². The second-order valence-electron chi connectivity index (χ2n) is 6.92. The third-order valence-corrected chi connectivity index (χ3v) is 5.83. The summed E-state index contributed by atoms with van der Waals surface area (Å²) >= 11 is 1.75. The summed E-state index contributed by atoms with van der Waals surface area (Å²) in [5.41, 5.74) is 1.13. The number of para-hydroxylation sites is 2. The number of rotatable bonds is 9. The highest BCUT2D eigenvalue weighted by molar-refractivity contribution is 7.99. The second-order valence-corrected chi connectivity index (χ2v) is 7.98. The molecule has 0 bridgehead atoms. The molecule has 4 rings (SSSR count). The van der Waals surface area contributed by atoms with Crippen LogP contribution in [0, 0.1) is 0 Å². The van der Waals surface area contributed by atoms with Crippen molar-refractivity contribution in [2.45, 2.75) is 31.0 Å². The zero-order valence-corrected chi connectivity index (χ0v) is 16.9. The molecule has 1 fully saturated rings. The average Bonchev–Trinajstić information content (AvgIpc) is 3.40. The maximum absolute atomic E-state index is 5.79. The summed E-state index contributed by atoms with van der Waals surface area (Å²) < 4.78 is 8.00. The lowest BCUT2D eigenvalue weighted by Gasteiger charge is -2.16. The summed E-state index contributed by atoms with van der Waals surface area (Å²) in [6.07, 6.45) is 3.52. The molecule has 1 aliphatic heterocycles. The molecular formula is C22H26N4OS. The van der Waals surface area contributed by atoms with Crippen molar-refractivity contribution >= 4 is 11.8 Å². The van der Waals surface area contributed by atoms with Crippen molar-refractivity contribution < 1.29 is 4.74 Å². The lowest BCUT2D eigenvalue weighted by molar-refractivity contribution is 0.318. The van der Waals surface area contributed by atoms with Gasteiger partial charge in [-0.25, -0.2) is 0 Å². The minimum absolute atomic E-state index is 0.705. The molecule has 146 valence electrons. The first-order valence-corrected chi connectivity index (χ1v) is 10.9. The standard InChI is InChI=1S/C22H26N4OS/c1-3-10-19(11-4-1)26-21(18-25-14-7-8-15-25)23-24-22(26)28-17-9-16-27-20-12-5-2-6-13-20/h1-6,10-13H,7-9,14-18H2. The van der Waals surface area contributed by atoms with E-state index in [2.05, 4.69) is 43.9 Å². The number of hydrogen-bond donors (Lipinski definition) is 0. The zero-order chi connectivity index (χ0) is 19.0. The largest absolute Gasteiger partial charge is 0.494 e. The predicted molar refractivity (Wildman–Crippen MR) is 113 cm³/mol. The van der Waals surface area contributed by atoms with Gasteiger partial charge in [0.25, 0.3) is 0 Å². The van der Waals surface area contributed by atoms with Gasteiger partial charge >= 0.3 is 0 Å². The summed E-state index contributed by atoms with van der Waals surface area (Å²) in [5.74, 6) is 2.89. The van der Waals surface area contributed by atoms with Gasteiger partial charge in [-0.2, -0.15) is 0 Å². The molecule has 28 heavy (non-hydrogen) atoms. The number of hydrogen-bond acceptors (Lipinski definition) is 5. The lowest BCUT2D eigenvalue weighted by atomic mass is 10.3. The lowest BCUT2D eigenvalue weighted by Crippen LogP contribution is -2.21. The van der Waals surface area contributed by atoms with Gasteiger partial charge in [-0.3, -0.25) is 9.47 Å².